The van der Waals surface area contributed by atoms with Gasteiger partial charge in [0, 0.05) is 19.2 Å². The first kappa shape index (κ1) is 12.3. The van der Waals surface area contributed by atoms with Gasteiger partial charge in [0.15, 0.2) is 5.79 Å². The van der Waals surface area contributed by atoms with Crippen LogP contribution in [0.5, 0.6) is 0 Å². The van der Waals surface area contributed by atoms with Crippen LogP contribution < -0.4 is 0 Å². The van der Waals surface area contributed by atoms with Crippen molar-refractivity contribution >= 4 is 9.84 Å². The summed E-state index contributed by atoms with van der Waals surface area (Å²) in [5, 5.41) is 0. The van der Waals surface area contributed by atoms with Gasteiger partial charge in [0.25, 0.3) is 0 Å². The average Bonchev–Trinajstić information content (AvgIpc) is 2.63. The summed E-state index contributed by atoms with van der Waals surface area (Å²) in [6.07, 6.45) is 3.20. The largest absolute Gasteiger partial charge is 0.346 e. The lowest BCUT2D eigenvalue weighted by atomic mass is 10.0. The van der Waals surface area contributed by atoms with E-state index >= 15 is 0 Å². The number of hydrogen-bond donors (Lipinski definition) is 0. The summed E-state index contributed by atoms with van der Waals surface area (Å²) in [4.78, 5) is 2.12. The van der Waals surface area contributed by atoms with Gasteiger partial charge in [-0.2, -0.15) is 0 Å². The van der Waals surface area contributed by atoms with E-state index in [4.69, 9.17) is 9.47 Å². The minimum atomic E-state index is -2.88. The van der Waals surface area contributed by atoms with Crippen LogP contribution in [0, 0.1) is 0 Å². The average molecular weight is 249 g/mol. The maximum atomic E-state index is 11.1. The molecule has 0 atom stereocenters. The molecule has 2 saturated heterocycles. The fourth-order valence-corrected chi connectivity index (χ4v) is 2.88. The van der Waals surface area contributed by atoms with E-state index in [9.17, 15) is 8.42 Å². The highest BCUT2D eigenvalue weighted by Crippen LogP contribution is 2.29. The summed E-state index contributed by atoms with van der Waals surface area (Å²) in [5.41, 5.74) is 0. The Morgan fingerprint density at radius 2 is 2.00 bits per heavy atom. The lowest BCUT2D eigenvalue weighted by Gasteiger charge is -2.38. The van der Waals surface area contributed by atoms with Crippen molar-refractivity contribution in [3.8, 4) is 0 Å². The van der Waals surface area contributed by atoms with Crippen molar-refractivity contribution in [2.45, 2.75) is 18.6 Å². The number of sulfone groups is 1. The first-order valence-corrected chi connectivity index (χ1v) is 7.73. The van der Waals surface area contributed by atoms with Crippen molar-refractivity contribution in [2.75, 3.05) is 44.9 Å². The minimum Gasteiger partial charge on any atom is -0.346 e. The van der Waals surface area contributed by atoms with E-state index in [0.717, 1.165) is 19.4 Å². The summed E-state index contributed by atoms with van der Waals surface area (Å²) < 4.78 is 33.5. The quantitative estimate of drug-likeness (QED) is 0.697. The van der Waals surface area contributed by atoms with E-state index in [2.05, 4.69) is 4.90 Å². The maximum absolute atomic E-state index is 11.1. The zero-order chi connectivity index (χ0) is 11.6. The molecule has 5 nitrogen and oxygen atoms in total. The van der Waals surface area contributed by atoms with E-state index in [1.165, 1.54) is 6.26 Å². The molecule has 2 heterocycles. The molecule has 0 aliphatic carbocycles. The molecule has 0 bridgehead atoms. The number of hydrogen-bond acceptors (Lipinski definition) is 5. The molecule has 0 radical (unpaired) electrons. The molecular weight excluding hydrogens is 230 g/mol. The summed E-state index contributed by atoms with van der Waals surface area (Å²) in [6, 6.07) is 0. The van der Waals surface area contributed by atoms with Crippen LogP contribution in [-0.2, 0) is 19.3 Å². The number of nitrogens with zero attached hydrogens (tertiary/aromatic N) is 1. The second-order valence-corrected chi connectivity index (χ2v) is 6.88. The zero-order valence-electron chi connectivity index (χ0n) is 9.65. The lowest BCUT2D eigenvalue weighted by molar-refractivity contribution is -0.188. The molecule has 0 amide bonds. The van der Waals surface area contributed by atoms with Gasteiger partial charge in [-0.1, -0.05) is 0 Å². The van der Waals surface area contributed by atoms with Crippen molar-refractivity contribution in [3.63, 3.8) is 0 Å². The van der Waals surface area contributed by atoms with E-state index in [1.54, 1.807) is 0 Å². The van der Waals surface area contributed by atoms with Crippen LogP contribution in [0.25, 0.3) is 0 Å². The molecule has 94 valence electrons. The van der Waals surface area contributed by atoms with Gasteiger partial charge < -0.3 is 9.47 Å². The standard InChI is InChI=1S/C10H19NO4S/c1-16(12,13)8-5-11-4-2-3-10(9-11)14-6-7-15-10/h2-9H2,1H3. The van der Waals surface area contributed by atoms with Gasteiger partial charge in [-0.3, -0.25) is 4.90 Å². The summed E-state index contributed by atoms with van der Waals surface area (Å²) >= 11 is 0. The fourth-order valence-electron chi connectivity index (χ4n) is 2.29. The summed E-state index contributed by atoms with van der Waals surface area (Å²) in [6.45, 7) is 3.51. The van der Waals surface area contributed by atoms with Gasteiger partial charge in [-0.25, -0.2) is 8.42 Å². The van der Waals surface area contributed by atoms with Crippen LogP contribution in [0.3, 0.4) is 0 Å². The predicted molar refractivity (Wildman–Crippen MR) is 60.0 cm³/mol. The molecule has 2 rings (SSSR count). The summed E-state index contributed by atoms with van der Waals surface area (Å²) in [5.74, 6) is -0.237. The second kappa shape index (κ2) is 4.60. The molecule has 16 heavy (non-hydrogen) atoms. The van der Waals surface area contributed by atoms with Gasteiger partial charge in [-0.15, -0.1) is 0 Å². The van der Waals surface area contributed by atoms with Crippen LogP contribution in [-0.4, -0.2) is 64.0 Å². The third-order valence-electron chi connectivity index (χ3n) is 3.09. The van der Waals surface area contributed by atoms with Crippen molar-refractivity contribution in [1.82, 2.24) is 4.90 Å². The van der Waals surface area contributed by atoms with Gasteiger partial charge in [0.05, 0.1) is 25.5 Å². The van der Waals surface area contributed by atoms with Gasteiger partial charge in [-0.05, 0) is 13.0 Å². The molecule has 2 aliphatic heterocycles. The number of likely N-dealkylation sites (tertiary alicyclic amines) is 1. The van der Waals surface area contributed by atoms with Crippen LogP contribution in [0.15, 0.2) is 0 Å². The van der Waals surface area contributed by atoms with E-state index in [-0.39, 0.29) is 5.75 Å². The van der Waals surface area contributed by atoms with Crippen LogP contribution in [0.1, 0.15) is 12.8 Å². The van der Waals surface area contributed by atoms with E-state index in [1.807, 2.05) is 0 Å². The molecule has 2 aliphatic rings. The Hall–Kier alpha value is -0.170. The number of rotatable bonds is 3. The Balaban J connectivity index is 1.87. The smallest absolute Gasteiger partial charge is 0.181 e. The first-order valence-electron chi connectivity index (χ1n) is 5.67. The van der Waals surface area contributed by atoms with Crippen molar-refractivity contribution in [2.24, 2.45) is 0 Å². The van der Waals surface area contributed by atoms with E-state index < -0.39 is 15.6 Å². The number of piperidine rings is 1. The molecule has 0 aromatic heterocycles. The molecule has 1 spiro atoms. The van der Waals surface area contributed by atoms with Gasteiger partial charge >= 0.3 is 0 Å². The highest BCUT2D eigenvalue weighted by molar-refractivity contribution is 7.90. The summed E-state index contributed by atoms with van der Waals surface area (Å²) in [7, 11) is -2.88. The van der Waals surface area contributed by atoms with Gasteiger partial charge in [0.2, 0.25) is 0 Å². The van der Waals surface area contributed by atoms with Crippen LogP contribution >= 0.6 is 0 Å². The maximum Gasteiger partial charge on any atom is 0.181 e. The molecule has 0 unspecified atom stereocenters. The predicted octanol–water partition coefficient (Wildman–Crippen LogP) is -0.130. The van der Waals surface area contributed by atoms with E-state index in [0.29, 0.717) is 26.3 Å². The number of ether oxygens (including phenoxy) is 2. The Morgan fingerprint density at radius 1 is 1.31 bits per heavy atom. The van der Waals surface area contributed by atoms with Gasteiger partial charge in [0.1, 0.15) is 9.84 Å². The second-order valence-electron chi connectivity index (χ2n) is 4.62. The molecular formula is C10H19NO4S. The van der Waals surface area contributed by atoms with Crippen molar-refractivity contribution < 1.29 is 17.9 Å². The SMILES string of the molecule is CS(=O)(=O)CCN1CCCC2(C1)OCCO2. The molecule has 2 fully saturated rings. The third kappa shape index (κ3) is 3.16. The molecule has 0 N–H and O–H groups in total. The highest BCUT2D eigenvalue weighted by atomic mass is 32.2. The normalized spacial score (nSPS) is 26.3. The molecule has 0 aromatic rings. The van der Waals surface area contributed by atoms with Crippen LogP contribution in [0.2, 0.25) is 0 Å². The lowest BCUT2D eigenvalue weighted by Crippen LogP contribution is -2.49. The zero-order valence-corrected chi connectivity index (χ0v) is 10.5. The van der Waals surface area contributed by atoms with Crippen molar-refractivity contribution in [1.29, 1.82) is 0 Å². The first-order chi connectivity index (χ1) is 7.49. The molecule has 0 saturated carbocycles. The Bertz CT molecular complexity index is 335. The minimum absolute atomic E-state index is 0.211. The monoisotopic (exact) mass is 249 g/mol. The Labute approximate surface area is 96.6 Å². The fraction of sp³-hybridized carbons (Fsp3) is 1.00. The highest BCUT2D eigenvalue weighted by Gasteiger charge is 2.40. The third-order valence-corrected chi connectivity index (χ3v) is 4.01. The van der Waals surface area contributed by atoms with Crippen molar-refractivity contribution in [3.05, 3.63) is 0 Å². The Kier molecular flexibility index (Phi) is 3.53. The topological polar surface area (TPSA) is 55.8 Å². The Morgan fingerprint density at radius 3 is 2.62 bits per heavy atom. The molecule has 6 heteroatoms. The molecule has 0 aromatic carbocycles. The van der Waals surface area contributed by atoms with Crippen LogP contribution in [0.4, 0.5) is 0 Å².